The predicted molar refractivity (Wildman–Crippen MR) is 70.0 cm³/mol. The van der Waals surface area contributed by atoms with E-state index in [1.165, 1.54) is 18.2 Å². The first kappa shape index (κ1) is 14.0. The van der Waals surface area contributed by atoms with E-state index in [1.807, 2.05) is 0 Å². The van der Waals surface area contributed by atoms with Crippen molar-refractivity contribution >= 4 is 21.6 Å². The molecule has 1 saturated heterocycles. The summed E-state index contributed by atoms with van der Waals surface area (Å²) in [4.78, 5) is 12.0. The predicted octanol–water partition coefficient (Wildman–Crippen LogP) is 0.842. The molecular formula is C12H16N2O4S. The van der Waals surface area contributed by atoms with Crippen LogP contribution in [0.15, 0.2) is 29.2 Å². The zero-order chi connectivity index (χ0) is 14.1. The highest BCUT2D eigenvalue weighted by Gasteiger charge is 2.37. The van der Waals surface area contributed by atoms with Crippen molar-refractivity contribution in [1.82, 2.24) is 0 Å². The molecule has 6 nitrogen and oxygen atoms in total. The van der Waals surface area contributed by atoms with E-state index in [-0.39, 0.29) is 10.8 Å². The fourth-order valence-corrected chi connectivity index (χ4v) is 2.53. The normalized spacial score (nSPS) is 23.3. The van der Waals surface area contributed by atoms with Crippen molar-refractivity contribution in [2.45, 2.75) is 30.3 Å². The van der Waals surface area contributed by atoms with Crippen LogP contribution in [0.25, 0.3) is 0 Å². The van der Waals surface area contributed by atoms with Gasteiger partial charge >= 0.3 is 0 Å². The highest BCUT2D eigenvalue weighted by molar-refractivity contribution is 7.89. The van der Waals surface area contributed by atoms with Gasteiger partial charge in [0.05, 0.1) is 4.90 Å². The molecule has 1 aliphatic heterocycles. The molecule has 0 aliphatic carbocycles. The minimum Gasteiger partial charge on any atom is -0.365 e. The van der Waals surface area contributed by atoms with Crippen molar-refractivity contribution in [3.8, 4) is 0 Å². The summed E-state index contributed by atoms with van der Waals surface area (Å²) in [6, 6.07) is 5.82. The third-order valence-electron chi connectivity index (χ3n) is 3.12. The van der Waals surface area contributed by atoms with Crippen LogP contribution in [0.5, 0.6) is 0 Å². The molecule has 0 saturated carbocycles. The molecule has 1 aromatic rings. The van der Waals surface area contributed by atoms with Gasteiger partial charge in [-0.15, -0.1) is 0 Å². The first-order valence-electron chi connectivity index (χ1n) is 5.90. The van der Waals surface area contributed by atoms with Gasteiger partial charge in [-0.05, 0) is 38.0 Å². The van der Waals surface area contributed by atoms with Crippen LogP contribution in [-0.4, -0.2) is 26.5 Å². The Bertz CT molecular complexity index is 592. The molecule has 2 rings (SSSR count). The monoisotopic (exact) mass is 284 g/mol. The Morgan fingerprint density at radius 3 is 2.79 bits per heavy atom. The molecule has 1 aromatic carbocycles. The number of nitrogens with one attached hydrogen (secondary N) is 1. The summed E-state index contributed by atoms with van der Waals surface area (Å²) in [7, 11) is -3.78. The van der Waals surface area contributed by atoms with Gasteiger partial charge in [0.2, 0.25) is 10.0 Å². The Balaban J connectivity index is 2.18. The third kappa shape index (κ3) is 3.12. The molecule has 104 valence electrons. The topological polar surface area (TPSA) is 98.5 Å². The van der Waals surface area contributed by atoms with Crippen molar-refractivity contribution in [2.24, 2.45) is 5.14 Å². The van der Waals surface area contributed by atoms with Crippen molar-refractivity contribution in [1.29, 1.82) is 0 Å². The van der Waals surface area contributed by atoms with Crippen molar-refractivity contribution in [3.05, 3.63) is 24.3 Å². The molecule has 0 bridgehead atoms. The number of carbonyl (C=O) groups is 1. The van der Waals surface area contributed by atoms with Gasteiger partial charge in [0.25, 0.3) is 5.91 Å². The number of ether oxygens (including phenoxy) is 1. The van der Waals surface area contributed by atoms with Crippen molar-refractivity contribution in [3.63, 3.8) is 0 Å². The SMILES string of the molecule is CC1(C(=O)Nc2cccc(S(N)(=O)=O)c2)CCCO1. The quantitative estimate of drug-likeness (QED) is 0.859. The third-order valence-corrected chi connectivity index (χ3v) is 4.03. The van der Waals surface area contributed by atoms with Crippen molar-refractivity contribution in [2.75, 3.05) is 11.9 Å². The zero-order valence-electron chi connectivity index (χ0n) is 10.5. The number of amides is 1. The van der Waals surface area contributed by atoms with Crippen LogP contribution in [0.1, 0.15) is 19.8 Å². The van der Waals surface area contributed by atoms with Gasteiger partial charge in [0, 0.05) is 12.3 Å². The average molecular weight is 284 g/mol. The summed E-state index contributed by atoms with van der Waals surface area (Å²) in [5.41, 5.74) is -0.467. The van der Waals surface area contributed by atoms with E-state index in [0.717, 1.165) is 6.42 Å². The lowest BCUT2D eigenvalue weighted by molar-refractivity contribution is -0.133. The number of nitrogens with two attached hydrogens (primary N) is 1. The maximum Gasteiger partial charge on any atom is 0.256 e. The lowest BCUT2D eigenvalue weighted by Gasteiger charge is -2.22. The number of primary sulfonamides is 1. The van der Waals surface area contributed by atoms with Crippen LogP contribution in [-0.2, 0) is 19.6 Å². The van der Waals surface area contributed by atoms with E-state index in [0.29, 0.717) is 18.7 Å². The maximum atomic E-state index is 12.1. The summed E-state index contributed by atoms with van der Waals surface area (Å²) in [6.45, 7) is 2.28. The van der Waals surface area contributed by atoms with E-state index in [9.17, 15) is 13.2 Å². The first-order valence-corrected chi connectivity index (χ1v) is 7.44. The summed E-state index contributed by atoms with van der Waals surface area (Å²) in [6.07, 6.45) is 1.48. The average Bonchev–Trinajstić information content (AvgIpc) is 2.77. The summed E-state index contributed by atoms with van der Waals surface area (Å²) in [5.74, 6) is -0.281. The van der Waals surface area contributed by atoms with Crippen LogP contribution in [0, 0.1) is 0 Å². The molecule has 0 radical (unpaired) electrons. The van der Waals surface area contributed by atoms with Crippen molar-refractivity contribution < 1.29 is 17.9 Å². The van der Waals surface area contributed by atoms with E-state index in [2.05, 4.69) is 5.32 Å². The highest BCUT2D eigenvalue weighted by atomic mass is 32.2. The second-order valence-electron chi connectivity index (χ2n) is 4.71. The van der Waals surface area contributed by atoms with Crippen LogP contribution in [0.3, 0.4) is 0 Å². The number of anilines is 1. The minimum atomic E-state index is -3.78. The number of carbonyl (C=O) groups excluding carboxylic acids is 1. The maximum absolute atomic E-state index is 12.1. The van der Waals surface area contributed by atoms with Gasteiger partial charge in [-0.3, -0.25) is 4.79 Å². The Morgan fingerprint density at radius 2 is 2.21 bits per heavy atom. The number of sulfonamides is 1. The van der Waals surface area contributed by atoms with Gasteiger partial charge in [-0.25, -0.2) is 13.6 Å². The van der Waals surface area contributed by atoms with Gasteiger partial charge in [0.15, 0.2) is 0 Å². The smallest absolute Gasteiger partial charge is 0.256 e. The number of benzene rings is 1. The van der Waals surface area contributed by atoms with Gasteiger partial charge < -0.3 is 10.1 Å². The number of hydrogen-bond donors (Lipinski definition) is 2. The van der Waals surface area contributed by atoms with Crippen LogP contribution < -0.4 is 10.5 Å². The number of rotatable bonds is 3. The molecule has 0 aromatic heterocycles. The zero-order valence-corrected chi connectivity index (χ0v) is 11.4. The molecule has 0 spiro atoms. The molecule has 1 heterocycles. The molecular weight excluding hydrogens is 268 g/mol. The van der Waals surface area contributed by atoms with Gasteiger partial charge in [-0.2, -0.15) is 0 Å². The molecule has 1 amide bonds. The van der Waals surface area contributed by atoms with E-state index in [4.69, 9.17) is 9.88 Å². The Morgan fingerprint density at radius 1 is 1.47 bits per heavy atom. The second-order valence-corrected chi connectivity index (χ2v) is 6.27. The summed E-state index contributed by atoms with van der Waals surface area (Å²) < 4.78 is 27.9. The van der Waals surface area contributed by atoms with Gasteiger partial charge in [-0.1, -0.05) is 6.07 Å². The van der Waals surface area contributed by atoms with E-state index < -0.39 is 15.6 Å². The minimum absolute atomic E-state index is 0.0391. The second kappa shape index (κ2) is 4.92. The Hall–Kier alpha value is -1.44. The van der Waals surface area contributed by atoms with Crippen LogP contribution >= 0.6 is 0 Å². The molecule has 1 aliphatic rings. The molecule has 1 fully saturated rings. The number of hydrogen-bond acceptors (Lipinski definition) is 4. The van der Waals surface area contributed by atoms with Crippen LogP contribution in [0.2, 0.25) is 0 Å². The fourth-order valence-electron chi connectivity index (χ4n) is 1.97. The highest BCUT2D eigenvalue weighted by Crippen LogP contribution is 2.26. The lowest BCUT2D eigenvalue weighted by Crippen LogP contribution is -2.39. The first-order chi connectivity index (χ1) is 8.81. The molecule has 1 atom stereocenters. The molecule has 19 heavy (non-hydrogen) atoms. The molecule has 3 N–H and O–H groups in total. The van der Waals surface area contributed by atoms with Crippen LogP contribution in [0.4, 0.5) is 5.69 Å². The summed E-state index contributed by atoms with van der Waals surface area (Å²) in [5, 5.41) is 7.69. The summed E-state index contributed by atoms with van der Waals surface area (Å²) >= 11 is 0. The lowest BCUT2D eigenvalue weighted by atomic mass is 10.0. The Kier molecular flexibility index (Phi) is 3.62. The molecule has 7 heteroatoms. The molecule has 1 unspecified atom stereocenters. The van der Waals surface area contributed by atoms with Gasteiger partial charge in [0.1, 0.15) is 5.60 Å². The fraction of sp³-hybridized carbons (Fsp3) is 0.417. The van der Waals surface area contributed by atoms with E-state index in [1.54, 1.807) is 13.0 Å². The van der Waals surface area contributed by atoms with E-state index >= 15 is 0 Å². The largest absolute Gasteiger partial charge is 0.365 e. The standard InChI is InChI=1S/C12H16N2O4S/c1-12(6-3-7-18-12)11(15)14-9-4-2-5-10(8-9)19(13,16)17/h2,4-5,8H,3,6-7H2,1H3,(H,14,15)(H2,13,16,17). The Labute approximate surface area is 112 Å².